The Hall–Kier alpha value is -3.16. The summed E-state index contributed by atoms with van der Waals surface area (Å²) in [6, 6.07) is 7.92. The van der Waals surface area contributed by atoms with Crippen LogP contribution in [0.4, 0.5) is 5.82 Å². The van der Waals surface area contributed by atoms with Crippen molar-refractivity contribution in [2.45, 2.75) is 6.42 Å². The minimum Gasteiger partial charge on any atom is -0.497 e. The van der Waals surface area contributed by atoms with E-state index in [1.165, 1.54) is 6.20 Å². The fraction of sp³-hybridized carbons (Fsp3) is 0.368. The molecule has 1 N–H and O–H groups in total. The lowest BCUT2D eigenvalue weighted by atomic mass is 10.1. The molecule has 1 fully saturated rings. The Balaban J connectivity index is 1.49. The van der Waals surface area contributed by atoms with Crippen molar-refractivity contribution in [2.75, 3.05) is 45.2 Å². The molecular formula is C19H23N5O3. The Bertz CT molecular complexity index is 773. The van der Waals surface area contributed by atoms with Gasteiger partial charge in [0.05, 0.1) is 19.5 Å². The summed E-state index contributed by atoms with van der Waals surface area (Å²) >= 11 is 0. The SMILES string of the molecule is COc1cccc(CCNc2cnc(C(=O)N3CCN(C=O)CC3)cn2)c1. The molecule has 0 unspecified atom stereocenters. The molecule has 3 rings (SSSR count). The van der Waals surface area contributed by atoms with E-state index in [9.17, 15) is 9.59 Å². The Kier molecular flexibility index (Phi) is 6.19. The van der Waals surface area contributed by atoms with Crippen LogP contribution in [0.5, 0.6) is 5.75 Å². The Morgan fingerprint density at radius 2 is 2.04 bits per heavy atom. The third-order valence-corrected chi connectivity index (χ3v) is 4.48. The summed E-state index contributed by atoms with van der Waals surface area (Å²) in [7, 11) is 1.65. The minimum absolute atomic E-state index is 0.157. The van der Waals surface area contributed by atoms with Crippen molar-refractivity contribution in [1.29, 1.82) is 0 Å². The van der Waals surface area contributed by atoms with Gasteiger partial charge in [0, 0.05) is 32.7 Å². The lowest BCUT2D eigenvalue weighted by molar-refractivity contribution is -0.119. The molecule has 8 heteroatoms. The monoisotopic (exact) mass is 369 g/mol. The molecule has 1 aliphatic rings. The Morgan fingerprint density at radius 3 is 2.70 bits per heavy atom. The first-order valence-electron chi connectivity index (χ1n) is 8.87. The van der Waals surface area contributed by atoms with E-state index in [1.807, 2.05) is 24.3 Å². The van der Waals surface area contributed by atoms with Crippen molar-refractivity contribution in [2.24, 2.45) is 0 Å². The van der Waals surface area contributed by atoms with Crippen LogP contribution < -0.4 is 10.1 Å². The number of hydrogen-bond acceptors (Lipinski definition) is 6. The van der Waals surface area contributed by atoms with Gasteiger partial charge >= 0.3 is 0 Å². The van der Waals surface area contributed by atoms with Gasteiger partial charge in [-0.2, -0.15) is 0 Å². The molecule has 1 saturated heterocycles. The molecule has 2 aromatic rings. The molecule has 2 amide bonds. The third kappa shape index (κ3) is 4.93. The van der Waals surface area contributed by atoms with E-state index >= 15 is 0 Å². The van der Waals surface area contributed by atoms with Gasteiger partial charge in [-0.3, -0.25) is 9.59 Å². The number of nitrogens with one attached hydrogen (secondary N) is 1. The average molecular weight is 369 g/mol. The van der Waals surface area contributed by atoms with Crippen molar-refractivity contribution >= 4 is 18.1 Å². The smallest absolute Gasteiger partial charge is 0.274 e. The van der Waals surface area contributed by atoms with Gasteiger partial charge in [-0.1, -0.05) is 12.1 Å². The average Bonchev–Trinajstić information content (AvgIpc) is 2.74. The maximum absolute atomic E-state index is 12.4. The number of hydrogen-bond donors (Lipinski definition) is 1. The standard InChI is InChI=1S/C19H23N5O3/c1-27-16-4-2-3-15(11-16)5-6-20-18-13-21-17(12-22-18)19(26)24-9-7-23(14-25)8-10-24/h2-4,11-14H,5-10H2,1H3,(H,20,22). The molecule has 2 heterocycles. The van der Waals surface area contributed by atoms with Gasteiger partial charge in [0.1, 0.15) is 17.3 Å². The van der Waals surface area contributed by atoms with Crippen LogP contribution in [0.2, 0.25) is 0 Å². The topological polar surface area (TPSA) is 87.7 Å². The molecule has 0 aliphatic carbocycles. The van der Waals surface area contributed by atoms with Crippen LogP contribution in [0, 0.1) is 0 Å². The van der Waals surface area contributed by atoms with E-state index in [-0.39, 0.29) is 5.91 Å². The zero-order valence-corrected chi connectivity index (χ0v) is 15.3. The van der Waals surface area contributed by atoms with E-state index < -0.39 is 0 Å². The summed E-state index contributed by atoms with van der Waals surface area (Å²) in [4.78, 5) is 35.0. The van der Waals surface area contributed by atoms with Crippen LogP contribution in [0.25, 0.3) is 0 Å². The molecule has 1 aliphatic heterocycles. The largest absolute Gasteiger partial charge is 0.497 e. The zero-order valence-electron chi connectivity index (χ0n) is 15.3. The van der Waals surface area contributed by atoms with E-state index in [1.54, 1.807) is 23.1 Å². The van der Waals surface area contributed by atoms with E-state index in [2.05, 4.69) is 15.3 Å². The fourth-order valence-corrected chi connectivity index (χ4v) is 2.89. The maximum Gasteiger partial charge on any atom is 0.274 e. The van der Waals surface area contributed by atoms with E-state index in [0.29, 0.717) is 44.2 Å². The molecule has 0 spiro atoms. The molecule has 1 aromatic carbocycles. The highest BCUT2D eigenvalue weighted by Gasteiger charge is 2.22. The number of anilines is 1. The van der Waals surface area contributed by atoms with Crippen molar-refractivity contribution in [3.63, 3.8) is 0 Å². The lowest BCUT2D eigenvalue weighted by Gasteiger charge is -2.32. The van der Waals surface area contributed by atoms with Crippen LogP contribution in [0.15, 0.2) is 36.7 Å². The summed E-state index contributed by atoms with van der Waals surface area (Å²) in [5.74, 6) is 1.31. The first-order valence-corrected chi connectivity index (χ1v) is 8.87. The minimum atomic E-state index is -0.157. The van der Waals surface area contributed by atoms with Gasteiger partial charge in [0.2, 0.25) is 6.41 Å². The molecule has 0 saturated carbocycles. The molecule has 0 atom stereocenters. The van der Waals surface area contributed by atoms with Gasteiger partial charge in [0.15, 0.2) is 0 Å². The maximum atomic E-state index is 12.4. The summed E-state index contributed by atoms with van der Waals surface area (Å²) in [6.45, 7) is 2.82. The van der Waals surface area contributed by atoms with Crippen LogP contribution in [-0.2, 0) is 11.2 Å². The highest BCUT2D eigenvalue weighted by atomic mass is 16.5. The van der Waals surface area contributed by atoms with Crippen molar-refractivity contribution in [3.8, 4) is 5.75 Å². The summed E-state index contributed by atoms with van der Waals surface area (Å²) < 4.78 is 5.22. The third-order valence-electron chi connectivity index (χ3n) is 4.48. The predicted molar refractivity (Wildman–Crippen MR) is 101 cm³/mol. The predicted octanol–water partition coefficient (Wildman–Crippen LogP) is 1.05. The number of piperazine rings is 1. The number of methoxy groups -OCH3 is 1. The lowest BCUT2D eigenvalue weighted by Crippen LogP contribution is -2.48. The number of rotatable bonds is 7. The number of carbonyl (C=O) groups is 2. The Morgan fingerprint density at radius 1 is 1.22 bits per heavy atom. The number of nitrogens with zero attached hydrogens (tertiary/aromatic N) is 4. The quantitative estimate of drug-likeness (QED) is 0.734. The summed E-state index contributed by atoms with van der Waals surface area (Å²) in [5, 5.41) is 3.20. The first kappa shape index (κ1) is 18.6. The number of carbonyl (C=O) groups excluding carboxylic acids is 2. The van der Waals surface area contributed by atoms with Gasteiger partial charge in [0.25, 0.3) is 5.91 Å². The van der Waals surface area contributed by atoms with Crippen LogP contribution in [0.1, 0.15) is 16.1 Å². The van der Waals surface area contributed by atoms with E-state index in [0.717, 1.165) is 24.1 Å². The van der Waals surface area contributed by atoms with Crippen LogP contribution in [0.3, 0.4) is 0 Å². The highest BCUT2D eigenvalue weighted by Crippen LogP contribution is 2.13. The molecule has 0 bridgehead atoms. The summed E-state index contributed by atoms with van der Waals surface area (Å²) in [5.41, 5.74) is 1.48. The van der Waals surface area contributed by atoms with Gasteiger partial charge in [-0.15, -0.1) is 0 Å². The first-order chi connectivity index (χ1) is 13.2. The molecule has 27 heavy (non-hydrogen) atoms. The number of ether oxygens (including phenoxy) is 1. The second kappa shape index (κ2) is 8.98. The van der Waals surface area contributed by atoms with E-state index in [4.69, 9.17) is 4.74 Å². The second-order valence-electron chi connectivity index (χ2n) is 6.25. The highest BCUT2D eigenvalue weighted by molar-refractivity contribution is 5.92. The number of aromatic nitrogens is 2. The van der Waals surface area contributed by atoms with Gasteiger partial charge in [-0.25, -0.2) is 9.97 Å². The Labute approximate surface area is 158 Å². The molecule has 0 radical (unpaired) electrons. The summed E-state index contributed by atoms with van der Waals surface area (Å²) in [6.07, 6.45) is 4.69. The zero-order chi connectivity index (χ0) is 19.1. The van der Waals surface area contributed by atoms with Gasteiger partial charge < -0.3 is 19.9 Å². The molecule has 142 valence electrons. The van der Waals surface area contributed by atoms with Gasteiger partial charge in [-0.05, 0) is 24.1 Å². The van der Waals surface area contributed by atoms with Crippen LogP contribution >= 0.6 is 0 Å². The second-order valence-corrected chi connectivity index (χ2v) is 6.25. The number of benzene rings is 1. The van der Waals surface area contributed by atoms with Crippen molar-refractivity contribution in [1.82, 2.24) is 19.8 Å². The van der Waals surface area contributed by atoms with Crippen molar-refractivity contribution in [3.05, 3.63) is 47.9 Å². The fourth-order valence-electron chi connectivity index (χ4n) is 2.89. The normalized spacial score (nSPS) is 14.0. The molecule has 1 aromatic heterocycles. The number of amides is 2. The van der Waals surface area contributed by atoms with Crippen LogP contribution in [-0.4, -0.2) is 71.9 Å². The molecular weight excluding hydrogens is 346 g/mol. The van der Waals surface area contributed by atoms with Crippen molar-refractivity contribution < 1.29 is 14.3 Å². The molecule has 8 nitrogen and oxygen atoms in total.